The lowest BCUT2D eigenvalue weighted by Crippen LogP contribution is -2.29. The van der Waals surface area contributed by atoms with Gasteiger partial charge in [-0.05, 0) is 79.9 Å². The second kappa shape index (κ2) is 6.85. The van der Waals surface area contributed by atoms with Crippen LogP contribution >= 0.6 is 0 Å². The molecular formula is C22H23FN2. The van der Waals surface area contributed by atoms with Crippen LogP contribution in [0.25, 0.3) is 23.1 Å². The number of aromatic nitrogens is 1. The quantitative estimate of drug-likeness (QED) is 0.645. The molecule has 128 valence electrons. The van der Waals surface area contributed by atoms with Gasteiger partial charge in [-0.3, -0.25) is 0 Å². The van der Waals surface area contributed by atoms with Gasteiger partial charge >= 0.3 is 0 Å². The van der Waals surface area contributed by atoms with Crippen LogP contribution in [0, 0.1) is 5.82 Å². The molecule has 0 unspecified atom stereocenters. The van der Waals surface area contributed by atoms with E-state index >= 15 is 0 Å². The summed E-state index contributed by atoms with van der Waals surface area (Å²) in [6, 6.07) is 13.2. The molecule has 1 aliphatic rings. The Morgan fingerprint density at radius 2 is 1.80 bits per heavy atom. The largest absolute Gasteiger partial charge is 0.361 e. The molecule has 0 amide bonds. The molecule has 1 N–H and O–H groups in total. The van der Waals surface area contributed by atoms with E-state index < -0.39 is 0 Å². The fourth-order valence-electron chi connectivity index (χ4n) is 3.72. The minimum atomic E-state index is -0.201. The number of halogens is 1. The summed E-state index contributed by atoms with van der Waals surface area (Å²) in [4.78, 5) is 5.82. The fraction of sp³-hybridized carbons (Fsp3) is 0.273. The van der Waals surface area contributed by atoms with Crippen molar-refractivity contribution in [2.75, 3.05) is 20.1 Å². The van der Waals surface area contributed by atoms with Gasteiger partial charge < -0.3 is 9.88 Å². The van der Waals surface area contributed by atoms with Gasteiger partial charge in [-0.2, -0.15) is 0 Å². The van der Waals surface area contributed by atoms with E-state index in [1.54, 1.807) is 12.1 Å². The first kappa shape index (κ1) is 16.1. The average molecular weight is 334 g/mol. The maximum atomic E-state index is 13.3. The summed E-state index contributed by atoms with van der Waals surface area (Å²) < 4.78 is 13.3. The summed E-state index contributed by atoms with van der Waals surface area (Å²) in [5.74, 6) is 0.431. The van der Waals surface area contributed by atoms with Crippen molar-refractivity contribution in [3.63, 3.8) is 0 Å². The Kier molecular flexibility index (Phi) is 4.41. The summed E-state index contributed by atoms with van der Waals surface area (Å²) in [5, 5.41) is 1.32. The van der Waals surface area contributed by atoms with E-state index in [0.29, 0.717) is 5.92 Å². The van der Waals surface area contributed by atoms with Crippen LogP contribution in [0.1, 0.15) is 35.4 Å². The monoisotopic (exact) mass is 334 g/mol. The Balaban J connectivity index is 1.62. The molecule has 0 bridgehead atoms. The molecule has 0 atom stereocenters. The second-order valence-corrected chi connectivity index (χ2v) is 7.01. The third-order valence-corrected chi connectivity index (χ3v) is 5.21. The predicted octanol–water partition coefficient (Wildman–Crippen LogP) is 5.29. The first-order chi connectivity index (χ1) is 12.2. The molecule has 1 aliphatic heterocycles. The predicted molar refractivity (Wildman–Crippen MR) is 103 cm³/mol. The fourth-order valence-corrected chi connectivity index (χ4v) is 3.72. The van der Waals surface area contributed by atoms with Crippen LogP contribution in [0.5, 0.6) is 0 Å². The van der Waals surface area contributed by atoms with E-state index in [1.807, 2.05) is 12.1 Å². The highest BCUT2D eigenvalue weighted by Crippen LogP contribution is 2.33. The number of fused-ring (bicyclic) bond motifs is 1. The molecule has 3 heteroatoms. The number of hydrogen-bond donors (Lipinski definition) is 1. The number of aromatic amines is 1. The minimum absolute atomic E-state index is 0.201. The zero-order chi connectivity index (χ0) is 17.2. The number of nitrogens with one attached hydrogen (secondary N) is 1. The lowest BCUT2D eigenvalue weighted by atomic mass is 9.89. The number of hydrogen-bond acceptors (Lipinski definition) is 1. The number of likely N-dealkylation sites (tertiary alicyclic amines) is 1. The number of benzene rings is 2. The SMILES string of the molecule is CN1CCC(c2c[nH]c3ccc(C=Cc4cccc(F)c4)cc23)CC1. The highest BCUT2D eigenvalue weighted by molar-refractivity contribution is 5.87. The Morgan fingerprint density at radius 1 is 1.04 bits per heavy atom. The zero-order valence-corrected chi connectivity index (χ0v) is 14.5. The highest BCUT2D eigenvalue weighted by Gasteiger charge is 2.20. The van der Waals surface area contributed by atoms with Crippen LogP contribution in [-0.4, -0.2) is 30.0 Å². The molecule has 1 fully saturated rings. The molecule has 2 nitrogen and oxygen atoms in total. The van der Waals surface area contributed by atoms with E-state index in [4.69, 9.17) is 0 Å². The van der Waals surface area contributed by atoms with Gasteiger partial charge in [-0.25, -0.2) is 4.39 Å². The van der Waals surface area contributed by atoms with Gasteiger partial charge in [-0.1, -0.05) is 30.4 Å². The van der Waals surface area contributed by atoms with Crippen LogP contribution in [-0.2, 0) is 0 Å². The van der Waals surface area contributed by atoms with Crippen molar-refractivity contribution in [1.82, 2.24) is 9.88 Å². The van der Waals surface area contributed by atoms with Crippen molar-refractivity contribution in [2.45, 2.75) is 18.8 Å². The molecule has 0 spiro atoms. The Labute approximate surface area is 148 Å². The molecule has 4 rings (SSSR count). The van der Waals surface area contributed by atoms with Crippen LogP contribution in [0.2, 0.25) is 0 Å². The Morgan fingerprint density at radius 3 is 2.56 bits per heavy atom. The maximum absolute atomic E-state index is 13.3. The van der Waals surface area contributed by atoms with Gasteiger partial charge in [0.05, 0.1) is 0 Å². The standard InChI is InChI=1S/C22H23FN2/c1-25-11-9-18(10-12-25)21-15-24-22-8-7-17(14-20(21)22)6-5-16-3-2-4-19(23)13-16/h2-8,13-15,18,24H,9-12H2,1H3. The minimum Gasteiger partial charge on any atom is -0.361 e. The van der Waals surface area contributed by atoms with Crippen molar-refractivity contribution in [3.05, 3.63) is 71.2 Å². The molecular weight excluding hydrogens is 311 g/mol. The molecule has 25 heavy (non-hydrogen) atoms. The van der Waals surface area contributed by atoms with Gasteiger partial charge in [0, 0.05) is 17.1 Å². The smallest absolute Gasteiger partial charge is 0.123 e. The van der Waals surface area contributed by atoms with Crippen LogP contribution in [0.3, 0.4) is 0 Å². The first-order valence-corrected chi connectivity index (χ1v) is 8.92. The highest BCUT2D eigenvalue weighted by atomic mass is 19.1. The molecule has 2 aromatic carbocycles. The number of nitrogens with zero attached hydrogens (tertiary/aromatic N) is 1. The number of rotatable bonds is 3. The van der Waals surface area contributed by atoms with E-state index in [1.165, 1.54) is 35.4 Å². The van der Waals surface area contributed by atoms with E-state index in [-0.39, 0.29) is 5.82 Å². The molecule has 3 aromatic rings. The Bertz CT molecular complexity index is 901. The van der Waals surface area contributed by atoms with Gasteiger partial charge in [0.25, 0.3) is 0 Å². The molecule has 0 aliphatic carbocycles. The molecule has 1 saturated heterocycles. The summed E-state index contributed by atoms with van der Waals surface area (Å²) >= 11 is 0. The molecule has 1 aromatic heterocycles. The summed E-state index contributed by atoms with van der Waals surface area (Å²) in [7, 11) is 2.20. The summed E-state index contributed by atoms with van der Waals surface area (Å²) in [5.41, 5.74) is 4.65. The van der Waals surface area contributed by atoms with Crippen molar-refractivity contribution < 1.29 is 4.39 Å². The normalized spacial score (nSPS) is 16.9. The number of piperidine rings is 1. The lowest BCUT2D eigenvalue weighted by molar-refractivity contribution is 0.256. The zero-order valence-electron chi connectivity index (χ0n) is 14.5. The third-order valence-electron chi connectivity index (χ3n) is 5.21. The van der Waals surface area contributed by atoms with Crippen molar-refractivity contribution in [1.29, 1.82) is 0 Å². The first-order valence-electron chi connectivity index (χ1n) is 8.92. The summed E-state index contributed by atoms with van der Waals surface area (Å²) in [6.07, 6.45) is 8.63. The van der Waals surface area contributed by atoms with E-state index in [0.717, 1.165) is 24.2 Å². The third kappa shape index (κ3) is 3.52. The summed E-state index contributed by atoms with van der Waals surface area (Å²) in [6.45, 7) is 2.33. The van der Waals surface area contributed by atoms with E-state index in [9.17, 15) is 4.39 Å². The topological polar surface area (TPSA) is 19.0 Å². The lowest BCUT2D eigenvalue weighted by Gasteiger charge is -2.28. The van der Waals surface area contributed by atoms with Gasteiger partial charge in [-0.15, -0.1) is 0 Å². The van der Waals surface area contributed by atoms with Crippen LogP contribution in [0.15, 0.2) is 48.7 Å². The van der Waals surface area contributed by atoms with Crippen LogP contribution in [0.4, 0.5) is 4.39 Å². The van der Waals surface area contributed by atoms with Gasteiger partial charge in [0.15, 0.2) is 0 Å². The van der Waals surface area contributed by atoms with Crippen molar-refractivity contribution in [2.24, 2.45) is 0 Å². The van der Waals surface area contributed by atoms with Crippen LogP contribution < -0.4 is 0 Å². The Hall–Kier alpha value is -2.39. The van der Waals surface area contributed by atoms with Crippen molar-refractivity contribution >= 4 is 23.1 Å². The average Bonchev–Trinajstić information content (AvgIpc) is 3.04. The number of H-pyrrole nitrogens is 1. The second-order valence-electron chi connectivity index (χ2n) is 7.01. The molecule has 0 saturated carbocycles. The van der Waals surface area contributed by atoms with Gasteiger partial charge in [0.1, 0.15) is 5.82 Å². The van der Waals surface area contributed by atoms with Gasteiger partial charge in [0.2, 0.25) is 0 Å². The molecule has 2 heterocycles. The molecule has 0 radical (unpaired) electrons. The van der Waals surface area contributed by atoms with Crippen molar-refractivity contribution in [3.8, 4) is 0 Å². The van der Waals surface area contributed by atoms with E-state index in [2.05, 4.69) is 47.4 Å². The maximum Gasteiger partial charge on any atom is 0.123 e.